The molecule has 1 aliphatic heterocycles. The van der Waals surface area contributed by atoms with Gasteiger partial charge >= 0.3 is 6.03 Å². The van der Waals surface area contributed by atoms with Crippen LogP contribution in [0.4, 0.5) is 4.79 Å². The zero-order valence-corrected chi connectivity index (χ0v) is 14.9. The average molecular weight is 361 g/mol. The Kier molecular flexibility index (Phi) is 8.36. The molecule has 130 valence electrons. The lowest BCUT2D eigenvalue weighted by Gasteiger charge is -2.30. The Morgan fingerprint density at radius 3 is 2.87 bits per heavy atom. The minimum Gasteiger partial charge on any atom is -0.352 e. The summed E-state index contributed by atoms with van der Waals surface area (Å²) >= 11 is 1.52. The largest absolute Gasteiger partial charge is 0.352 e. The molecule has 1 aromatic heterocycles. The fourth-order valence-electron chi connectivity index (χ4n) is 2.83. The number of hydrogen-bond donors (Lipinski definition) is 3. The van der Waals surface area contributed by atoms with E-state index in [-0.39, 0.29) is 36.8 Å². The van der Waals surface area contributed by atoms with Gasteiger partial charge in [-0.2, -0.15) is 0 Å². The van der Waals surface area contributed by atoms with E-state index in [9.17, 15) is 9.59 Å². The average Bonchev–Trinajstić information content (AvgIpc) is 3.16. The lowest BCUT2D eigenvalue weighted by Crippen LogP contribution is -2.44. The maximum atomic E-state index is 12.7. The van der Waals surface area contributed by atoms with Crippen molar-refractivity contribution in [1.82, 2.24) is 15.5 Å². The van der Waals surface area contributed by atoms with Crippen molar-refractivity contribution in [3.63, 3.8) is 0 Å². The van der Waals surface area contributed by atoms with Gasteiger partial charge in [0.05, 0.1) is 12.5 Å². The highest BCUT2D eigenvalue weighted by atomic mass is 35.5. The Bertz CT molecular complexity index is 492. The number of nitrogens with zero attached hydrogens (tertiary/aromatic N) is 1. The van der Waals surface area contributed by atoms with Gasteiger partial charge in [0.25, 0.3) is 0 Å². The standard InChI is InChI=1S/C15H24N4O2S.ClH/c1-2-7-19(11-5-6-17-10-11)14(20)9-12(18-15(16)21)13-4-3-8-22-13;/h3-4,8,11-12,17H,2,5-7,9-10H2,1H3,(H3,16,18,21);1H. The number of thiophene rings is 1. The lowest BCUT2D eigenvalue weighted by molar-refractivity contribution is -0.133. The van der Waals surface area contributed by atoms with Gasteiger partial charge in [0.2, 0.25) is 5.91 Å². The number of primary amides is 1. The van der Waals surface area contributed by atoms with Gasteiger partial charge < -0.3 is 21.3 Å². The second kappa shape index (κ2) is 9.75. The van der Waals surface area contributed by atoms with E-state index in [4.69, 9.17) is 5.73 Å². The second-order valence-electron chi connectivity index (χ2n) is 5.51. The first-order chi connectivity index (χ1) is 10.6. The van der Waals surface area contributed by atoms with Crippen molar-refractivity contribution in [3.8, 4) is 0 Å². The topological polar surface area (TPSA) is 87.5 Å². The van der Waals surface area contributed by atoms with Crippen molar-refractivity contribution >= 4 is 35.7 Å². The normalized spacial score (nSPS) is 18.0. The van der Waals surface area contributed by atoms with Gasteiger partial charge in [0.1, 0.15) is 0 Å². The number of halogens is 1. The molecule has 0 aliphatic carbocycles. The molecule has 0 spiro atoms. The fourth-order valence-corrected chi connectivity index (χ4v) is 3.61. The Morgan fingerprint density at radius 1 is 1.57 bits per heavy atom. The van der Waals surface area contributed by atoms with Gasteiger partial charge in [0, 0.05) is 24.0 Å². The van der Waals surface area contributed by atoms with E-state index in [0.29, 0.717) is 0 Å². The highest BCUT2D eigenvalue weighted by Crippen LogP contribution is 2.24. The van der Waals surface area contributed by atoms with Crippen LogP contribution < -0.4 is 16.4 Å². The smallest absolute Gasteiger partial charge is 0.312 e. The molecule has 0 radical (unpaired) electrons. The summed E-state index contributed by atoms with van der Waals surface area (Å²) in [5, 5.41) is 7.92. The molecule has 3 amide bonds. The monoisotopic (exact) mass is 360 g/mol. The van der Waals surface area contributed by atoms with Crippen molar-refractivity contribution in [2.45, 2.75) is 38.3 Å². The maximum Gasteiger partial charge on any atom is 0.312 e. The van der Waals surface area contributed by atoms with Gasteiger partial charge in [-0.15, -0.1) is 23.7 Å². The van der Waals surface area contributed by atoms with Crippen LogP contribution in [-0.4, -0.2) is 42.5 Å². The molecular weight excluding hydrogens is 336 g/mol. The van der Waals surface area contributed by atoms with Gasteiger partial charge in [0.15, 0.2) is 0 Å². The lowest BCUT2D eigenvalue weighted by atomic mass is 10.1. The molecule has 6 nitrogen and oxygen atoms in total. The molecule has 1 aliphatic rings. The molecule has 2 unspecified atom stereocenters. The van der Waals surface area contributed by atoms with Crippen molar-refractivity contribution < 1.29 is 9.59 Å². The van der Waals surface area contributed by atoms with Crippen molar-refractivity contribution in [3.05, 3.63) is 22.4 Å². The molecule has 1 aromatic rings. The molecule has 2 heterocycles. The summed E-state index contributed by atoms with van der Waals surface area (Å²) in [6.07, 6.45) is 2.16. The van der Waals surface area contributed by atoms with E-state index >= 15 is 0 Å². The zero-order chi connectivity index (χ0) is 15.9. The number of nitrogens with one attached hydrogen (secondary N) is 2. The van der Waals surface area contributed by atoms with Crippen LogP contribution >= 0.6 is 23.7 Å². The van der Waals surface area contributed by atoms with E-state index < -0.39 is 6.03 Å². The van der Waals surface area contributed by atoms with Crippen LogP contribution in [0, 0.1) is 0 Å². The van der Waals surface area contributed by atoms with Crippen LogP contribution in [-0.2, 0) is 4.79 Å². The van der Waals surface area contributed by atoms with Crippen LogP contribution in [0.1, 0.15) is 37.1 Å². The van der Waals surface area contributed by atoms with Crippen LogP contribution in [0.2, 0.25) is 0 Å². The summed E-state index contributed by atoms with van der Waals surface area (Å²) in [6, 6.07) is 3.13. The quantitative estimate of drug-likeness (QED) is 0.693. The minimum absolute atomic E-state index is 0. The van der Waals surface area contributed by atoms with E-state index in [1.807, 2.05) is 22.4 Å². The summed E-state index contributed by atoms with van der Waals surface area (Å²) in [7, 11) is 0. The second-order valence-corrected chi connectivity index (χ2v) is 6.49. The Labute approximate surface area is 147 Å². The SMILES string of the molecule is CCCN(C(=O)CC(NC(N)=O)c1cccs1)C1CCNC1.Cl. The third-order valence-electron chi connectivity index (χ3n) is 3.84. The predicted octanol–water partition coefficient (Wildman–Crippen LogP) is 1.87. The van der Waals surface area contributed by atoms with E-state index in [0.717, 1.165) is 37.4 Å². The molecule has 8 heteroatoms. The van der Waals surface area contributed by atoms with Crippen molar-refractivity contribution in [1.29, 1.82) is 0 Å². The van der Waals surface area contributed by atoms with E-state index in [2.05, 4.69) is 17.6 Å². The molecule has 1 saturated heterocycles. The molecule has 0 bridgehead atoms. The van der Waals surface area contributed by atoms with E-state index in [1.165, 1.54) is 11.3 Å². The molecule has 2 rings (SSSR count). The molecule has 0 saturated carbocycles. The van der Waals surface area contributed by atoms with Gasteiger partial charge in [-0.25, -0.2) is 4.79 Å². The number of amides is 3. The van der Waals surface area contributed by atoms with Crippen molar-refractivity contribution in [2.75, 3.05) is 19.6 Å². The predicted molar refractivity (Wildman–Crippen MR) is 94.9 cm³/mol. The van der Waals surface area contributed by atoms with Gasteiger partial charge in [-0.1, -0.05) is 13.0 Å². The zero-order valence-electron chi connectivity index (χ0n) is 13.3. The van der Waals surface area contributed by atoms with Gasteiger partial charge in [-0.3, -0.25) is 4.79 Å². The Balaban J connectivity index is 0.00000264. The van der Waals surface area contributed by atoms with Gasteiger partial charge in [-0.05, 0) is 30.8 Å². The number of hydrogen-bond acceptors (Lipinski definition) is 4. The fraction of sp³-hybridized carbons (Fsp3) is 0.600. The minimum atomic E-state index is -0.601. The summed E-state index contributed by atoms with van der Waals surface area (Å²) in [6.45, 7) is 4.62. The molecule has 1 fully saturated rings. The van der Waals surface area contributed by atoms with Crippen molar-refractivity contribution in [2.24, 2.45) is 5.73 Å². The third-order valence-corrected chi connectivity index (χ3v) is 4.83. The third kappa shape index (κ3) is 5.67. The summed E-state index contributed by atoms with van der Waals surface area (Å²) in [5.41, 5.74) is 5.25. The first-order valence-electron chi connectivity index (χ1n) is 7.71. The molecular formula is C15H25ClN4O2S. The Hall–Kier alpha value is -1.31. The van der Waals surface area contributed by atoms with E-state index in [1.54, 1.807) is 0 Å². The summed E-state index contributed by atoms with van der Waals surface area (Å²) in [4.78, 5) is 26.8. The first kappa shape index (κ1) is 19.7. The number of urea groups is 1. The molecule has 4 N–H and O–H groups in total. The Morgan fingerprint density at radius 2 is 2.35 bits per heavy atom. The molecule has 23 heavy (non-hydrogen) atoms. The number of rotatable bonds is 7. The summed E-state index contributed by atoms with van der Waals surface area (Å²) < 4.78 is 0. The number of carbonyl (C=O) groups excluding carboxylic acids is 2. The first-order valence-corrected chi connectivity index (χ1v) is 8.59. The van der Waals surface area contributed by atoms with Crippen LogP contribution in [0.15, 0.2) is 17.5 Å². The molecule has 0 aromatic carbocycles. The number of carbonyl (C=O) groups is 2. The highest BCUT2D eigenvalue weighted by Gasteiger charge is 2.28. The van der Waals surface area contributed by atoms with Crippen LogP contribution in [0.5, 0.6) is 0 Å². The highest BCUT2D eigenvalue weighted by molar-refractivity contribution is 7.10. The maximum absolute atomic E-state index is 12.7. The van der Waals surface area contributed by atoms with Crippen LogP contribution in [0.25, 0.3) is 0 Å². The summed E-state index contributed by atoms with van der Waals surface area (Å²) in [5.74, 6) is 0.0719. The number of nitrogens with two attached hydrogens (primary N) is 1. The van der Waals surface area contributed by atoms with Crippen LogP contribution in [0.3, 0.4) is 0 Å². The molecule has 2 atom stereocenters.